The van der Waals surface area contributed by atoms with Gasteiger partial charge in [-0.1, -0.05) is 55.0 Å². The lowest BCUT2D eigenvalue weighted by Crippen LogP contribution is -2.42. The minimum atomic E-state index is -1.02. The van der Waals surface area contributed by atoms with Crippen molar-refractivity contribution in [1.82, 2.24) is 15.1 Å². The molecule has 1 fully saturated rings. The third kappa shape index (κ3) is 4.75. The van der Waals surface area contributed by atoms with E-state index in [9.17, 15) is 14.4 Å². The Bertz CT molecular complexity index is 1220. The largest absolute Gasteiger partial charge is 0.480 e. The molecule has 9 heteroatoms. The summed E-state index contributed by atoms with van der Waals surface area (Å²) in [5, 5.41) is 18.4. The van der Waals surface area contributed by atoms with Gasteiger partial charge in [0.25, 0.3) is 0 Å². The summed E-state index contributed by atoms with van der Waals surface area (Å²) in [6.45, 7) is -0.0720. The number of rotatable bonds is 7. The van der Waals surface area contributed by atoms with E-state index in [1.807, 2.05) is 24.3 Å². The number of nitrogens with zero attached hydrogens (tertiary/aromatic N) is 2. The Morgan fingerprint density at radius 2 is 1.71 bits per heavy atom. The van der Waals surface area contributed by atoms with Crippen molar-refractivity contribution in [3.05, 3.63) is 72.1 Å². The molecule has 0 bridgehead atoms. The number of carboxylic acid groups (broad SMARTS) is 1. The van der Waals surface area contributed by atoms with Crippen molar-refractivity contribution in [3.8, 4) is 11.1 Å². The predicted molar refractivity (Wildman–Crippen MR) is 128 cm³/mol. The molecule has 9 nitrogen and oxygen atoms in total. The normalized spacial score (nSPS) is 18.5. The molecule has 1 saturated carbocycles. The average molecular weight is 475 g/mol. The number of benzene rings is 2. The zero-order valence-corrected chi connectivity index (χ0v) is 19.0. The number of carbonyl (C=O) groups is 3. The second-order valence-electron chi connectivity index (χ2n) is 8.92. The molecule has 0 saturated heterocycles. The number of carboxylic acids is 1. The van der Waals surface area contributed by atoms with Gasteiger partial charge in [-0.05, 0) is 35.1 Å². The van der Waals surface area contributed by atoms with Gasteiger partial charge < -0.3 is 20.5 Å². The van der Waals surface area contributed by atoms with E-state index in [-0.39, 0.29) is 31.0 Å². The molecule has 2 aromatic carbocycles. The first-order valence-corrected chi connectivity index (χ1v) is 11.7. The summed E-state index contributed by atoms with van der Waals surface area (Å²) in [6, 6.07) is 16.0. The van der Waals surface area contributed by atoms with Gasteiger partial charge in [0.05, 0.1) is 17.8 Å². The van der Waals surface area contributed by atoms with Gasteiger partial charge in [0, 0.05) is 18.2 Å². The molecule has 0 aliphatic heterocycles. The summed E-state index contributed by atoms with van der Waals surface area (Å²) in [6.07, 6.45) is 4.47. The maximum atomic E-state index is 12.8. The summed E-state index contributed by atoms with van der Waals surface area (Å²) in [7, 11) is 0. The van der Waals surface area contributed by atoms with E-state index in [0.29, 0.717) is 18.5 Å². The molecule has 5 rings (SSSR count). The Hall–Kier alpha value is -4.14. The van der Waals surface area contributed by atoms with Crippen LogP contribution in [-0.4, -0.2) is 45.5 Å². The lowest BCUT2D eigenvalue weighted by molar-refractivity contribution is -0.137. The fraction of sp³-hybridized carbons (Fsp3) is 0.308. The highest BCUT2D eigenvalue weighted by Crippen LogP contribution is 2.44. The fourth-order valence-electron chi connectivity index (χ4n) is 5.13. The van der Waals surface area contributed by atoms with Crippen LogP contribution in [0.2, 0.25) is 0 Å². The van der Waals surface area contributed by atoms with Crippen LogP contribution in [0, 0.1) is 5.92 Å². The van der Waals surface area contributed by atoms with Crippen molar-refractivity contribution >= 4 is 23.7 Å². The number of amides is 2. The molecule has 2 aliphatic carbocycles. The van der Waals surface area contributed by atoms with Gasteiger partial charge in [-0.2, -0.15) is 5.10 Å². The summed E-state index contributed by atoms with van der Waals surface area (Å²) in [5.74, 6) is -1.69. The molecule has 1 aromatic heterocycles. The Morgan fingerprint density at radius 3 is 2.40 bits per heavy atom. The molecule has 0 radical (unpaired) electrons. The van der Waals surface area contributed by atoms with Gasteiger partial charge in [-0.25, -0.2) is 4.79 Å². The number of fused-ring (bicyclic) bond motifs is 3. The van der Waals surface area contributed by atoms with Crippen molar-refractivity contribution < 1.29 is 24.2 Å². The maximum Gasteiger partial charge on any atom is 0.407 e. The van der Waals surface area contributed by atoms with Gasteiger partial charge in [-0.15, -0.1) is 0 Å². The van der Waals surface area contributed by atoms with E-state index < -0.39 is 18.0 Å². The zero-order valence-electron chi connectivity index (χ0n) is 19.0. The van der Waals surface area contributed by atoms with Crippen molar-refractivity contribution in [1.29, 1.82) is 0 Å². The number of aliphatic carboxylic acids is 1. The molecule has 3 aromatic rings. The molecular formula is C26H26N4O5. The number of aromatic nitrogens is 2. The van der Waals surface area contributed by atoms with E-state index >= 15 is 0 Å². The third-order valence-corrected chi connectivity index (χ3v) is 6.70. The Kier molecular flexibility index (Phi) is 6.22. The SMILES string of the molecule is O=C(O)Cn1cc(NC(=O)C2CCCC2NC(=O)OCC2c3ccccc3-c3ccccc32)cn1. The molecular weight excluding hydrogens is 448 g/mol. The molecule has 2 atom stereocenters. The smallest absolute Gasteiger partial charge is 0.407 e. The van der Waals surface area contributed by atoms with Gasteiger partial charge in [0.2, 0.25) is 5.91 Å². The van der Waals surface area contributed by atoms with Crippen LogP contribution in [0.25, 0.3) is 11.1 Å². The number of alkyl carbamates (subject to hydrolysis) is 1. The summed E-state index contributed by atoms with van der Waals surface area (Å²) in [4.78, 5) is 36.3. The zero-order chi connectivity index (χ0) is 24.4. The second-order valence-corrected chi connectivity index (χ2v) is 8.92. The highest BCUT2D eigenvalue weighted by molar-refractivity contribution is 5.93. The van der Waals surface area contributed by atoms with Crippen molar-refractivity contribution in [2.45, 2.75) is 37.8 Å². The number of anilines is 1. The summed E-state index contributed by atoms with van der Waals surface area (Å²) >= 11 is 0. The minimum absolute atomic E-state index is 0.0295. The minimum Gasteiger partial charge on any atom is -0.480 e. The van der Waals surface area contributed by atoms with Crippen molar-refractivity contribution in [3.63, 3.8) is 0 Å². The first kappa shape index (κ1) is 22.6. The summed E-state index contributed by atoms with van der Waals surface area (Å²) < 4.78 is 6.87. The predicted octanol–water partition coefficient (Wildman–Crippen LogP) is 3.61. The molecule has 1 heterocycles. The molecule has 2 amide bonds. The lowest BCUT2D eigenvalue weighted by Gasteiger charge is -2.21. The molecule has 3 N–H and O–H groups in total. The molecule has 35 heavy (non-hydrogen) atoms. The first-order chi connectivity index (χ1) is 17.0. The highest BCUT2D eigenvalue weighted by Gasteiger charge is 2.35. The van der Waals surface area contributed by atoms with Gasteiger partial charge in [-0.3, -0.25) is 14.3 Å². The van der Waals surface area contributed by atoms with E-state index in [1.54, 1.807) is 0 Å². The van der Waals surface area contributed by atoms with Gasteiger partial charge >= 0.3 is 12.1 Å². The van der Waals surface area contributed by atoms with Crippen LogP contribution in [0.1, 0.15) is 36.3 Å². The number of hydrogen-bond acceptors (Lipinski definition) is 5. The van der Waals surface area contributed by atoms with Crippen LogP contribution in [0.5, 0.6) is 0 Å². The number of carbonyl (C=O) groups excluding carboxylic acids is 2. The molecule has 0 spiro atoms. The van der Waals surface area contributed by atoms with Crippen LogP contribution in [0.4, 0.5) is 10.5 Å². The Labute approximate surface area is 202 Å². The van der Waals surface area contributed by atoms with Crippen LogP contribution in [-0.2, 0) is 20.9 Å². The Morgan fingerprint density at radius 1 is 1.03 bits per heavy atom. The highest BCUT2D eigenvalue weighted by atomic mass is 16.5. The number of hydrogen-bond donors (Lipinski definition) is 3. The number of ether oxygens (including phenoxy) is 1. The first-order valence-electron chi connectivity index (χ1n) is 11.7. The van der Waals surface area contributed by atoms with Crippen LogP contribution < -0.4 is 10.6 Å². The fourth-order valence-corrected chi connectivity index (χ4v) is 5.13. The van der Waals surface area contributed by atoms with Crippen molar-refractivity contribution in [2.24, 2.45) is 5.92 Å². The lowest BCUT2D eigenvalue weighted by atomic mass is 9.98. The van der Waals surface area contributed by atoms with Crippen molar-refractivity contribution in [2.75, 3.05) is 11.9 Å². The molecule has 180 valence electrons. The second kappa shape index (κ2) is 9.61. The van der Waals surface area contributed by atoms with Crippen LogP contribution >= 0.6 is 0 Å². The monoisotopic (exact) mass is 474 g/mol. The third-order valence-electron chi connectivity index (χ3n) is 6.70. The van der Waals surface area contributed by atoms with Gasteiger partial charge in [0.1, 0.15) is 13.2 Å². The quantitative estimate of drug-likeness (QED) is 0.481. The molecule has 2 unspecified atom stereocenters. The van der Waals surface area contributed by atoms with Gasteiger partial charge in [0.15, 0.2) is 0 Å². The van der Waals surface area contributed by atoms with E-state index in [4.69, 9.17) is 9.84 Å². The molecule has 2 aliphatic rings. The van der Waals surface area contributed by atoms with E-state index in [2.05, 4.69) is 40.0 Å². The number of nitrogens with one attached hydrogen (secondary N) is 2. The standard InChI is InChI=1S/C26H26N4O5/c31-24(32)14-30-13-16(12-27-30)28-25(33)21-10-5-11-23(21)29-26(34)35-15-22-19-8-3-1-6-17(19)18-7-2-4-9-20(18)22/h1-4,6-9,12-13,21-23H,5,10-11,14-15H2,(H,28,33)(H,29,34)(H,31,32). The van der Waals surface area contributed by atoms with E-state index in [1.165, 1.54) is 17.1 Å². The topological polar surface area (TPSA) is 123 Å². The summed E-state index contributed by atoms with van der Waals surface area (Å²) in [5.41, 5.74) is 5.03. The van der Waals surface area contributed by atoms with Crippen LogP contribution in [0.15, 0.2) is 60.9 Å². The average Bonchev–Trinajstić information content (AvgIpc) is 3.55. The van der Waals surface area contributed by atoms with Crippen LogP contribution in [0.3, 0.4) is 0 Å². The maximum absolute atomic E-state index is 12.8. The van der Waals surface area contributed by atoms with E-state index in [0.717, 1.165) is 28.7 Å². The Balaban J connectivity index is 1.18.